The molecule has 1 heterocycles. The molecule has 5 N–H and O–H groups in total. The van der Waals surface area contributed by atoms with Crippen LogP contribution in [0.3, 0.4) is 0 Å². The van der Waals surface area contributed by atoms with Crippen molar-refractivity contribution in [2.24, 2.45) is 40.2 Å². The molecule has 2 aliphatic carbocycles. The van der Waals surface area contributed by atoms with Gasteiger partial charge in [-0.3, -0.25) is 19.2 Å². The molecular weight excluding hydrogens is 614 g/mol. The number of piperidine rings is 1. The highest BCUT2D eigenvalue weighted by molar-refractivity contribution is 6.37. The largest absolute Gasteiger partial charge is 0.459 e. The SMILES string of the molecule is CC(C)[C@](C)(NC(=O)N[C@H](C(=O)N1C[C@H]2[C@@H]([C@H]1C(=O)NC(CC1CCC1)C(=O)C(N)=O)C2(C)C)C(C)(C)C)C(=O)OCc1ccccc1. The fourth-order valence-corrected chi connectivity index (χ4v) is 7.06. The second kappa shape index (κ2) is 13.9. The topological polar surface area (TPSA) is 177 Å². The third kappa shape index (κ3) is 7.68. The normalized spacial score (nSPS) is 23.9. The van der Waals surface area contributed by atoms with Crippen molar-refractivity contribution in [3.8, 4) is 0 Å². The Kier molecular flexibility index (Phi) is 10.7. The van der Waals surface area contributed by atoms with Gasteiger partial charge in [-0.05, 0) is 53.4 Å². The van der Waals surface area contributed by atoms with Crippen LogP contribution < -0.4 is 21.7 Å². The molecule has 5 amide bonds. The second-order valence-electron chi connectivity index (χ2n) is 16.0. The van der Waals surface area contributed by atoms with Gasteiger partial charge < -0.3 is 31.3 Å². The van der Waals surface area contributed by atoms with Gasteiger partial charge in [0.15, 0.2) is 0 Å². The molecule has 0 aromatic heterocycles. The van der Waals surface area contributed by atoms with E-state index >= 15 is 0 Å². The van der Waals surface area contributed by atoms with E-state index in [2.05, 4.69) is 16.0 Å². The molecule has 2 saturated carbocycles. The van der Waals surface area contributed by atoms with E-state index in [9.17, 15) is 28.8 Å². The van der Waals surface area contributed by atoms with Gasteiger partial charge in [-0.1, -0.05) is 98.1 Å². The standard InChI is InChI=1S/C36H53N5O7/c1-20(2)36(8,32(46)48-19-22-13-10-9-11-14-22)40-33(47)39-28(34(3,4)5)31(45)41-18-23-25(35(23,6)7)26(41)30(44)38-24(27(42)29(37)43)17-21-15-12-16-21/h9-11,13-14,20-21,23-26,28H,12,15-19H2,1-8H3,(H2,37,43)(H,38,44)(H2,39,40,47)/t23-,24?,25-,26-,28+,36-/m0/s1. The molecule has 3 fully saturated rings. The number of amides is 5. The minimum atomic E-state index is -1.41. The molecule has 6 atom stereocenters. The number of likely N-dealkylation sites (tertiary alicyclic amines) is 1. The molecule has 1 aliphatic heterocycles. The first kappa shape index (κ1) is 36.9. The maximum atomic E-state index is 14.3. The van der Waals surface area contributed by atoms with E-state index in [1.165, 1.54) is 4.90 Å². The quantitative estimate of drug-likeness (QED) is 0.185. The first-order valence-corrected chi connectivity index (χ1v) is 17.0. The summed E-state index contributed by atoms with van der Waals surface area (Å²) in [5.74, 6) is -3.78. The van der Waals surface area contributed by atoms with E-state index in [4.69, 9.17) is 10.5 Å². The van der Waals surface area contributed by atoms with E-state index in [0.717, 1.165) is 24.8 Å². The Morgan fingerprint density at radius 1 is 1.00 bits per heavy atom. The highest BCUT2D eigenvalue weighted by Crippen LogP contribution is 2.65. The summed E-state index contributed by atoms with van der Waals surface area (Å²) in [5.41, 5.74) is 3.74. The minimum Gasteiger partial charge on any atom is -0.459 e. The Bertz CT molecular complexity index is 1420. The lowest BCUT2D eigenvalue weighted by Gasteiger charge is -2.39. The monoisotopic (exact) mass is 667 g/mol. The number of primary amides is 1. The summed E-state index contributed by atoms with van der Waals surface area (Å²) < 4.78 is 5.58. The highest BCUT2D eigenvalue weighted by Gasteiger charge is 2.70. The van der Waals surface area contributed by atoms with Crippen LogP contribution in [0, 0.1) is 34.5 Å². The lowest BCUT2D eigenvalue weighted by molar-refractivity contribution is -0.153. The molecule has 48 heavy (non-hydrogen) atoms. The van der Waals surface area contributed by atoms with Gasteiger partial charge in [-0.15, -0.1) is 0 Å². The number of ether oxygens (including phenoxy) is 1. The molecule has 1 aromatic carbocycles. The predicted octanol–water partition coefficient (Wildman–Crippen LogP) is 3.07. The molecular formula is C36H53N5O7. The van der Waals surface area contributed by atoms with E-state index in [-0.39, 0.29) is 35.7 Å². The van der Waals surface area contributed by atoms with Gasteiger partial charge in [-0.2, -0.15) is 0 Å². The van der Waals surface area contributed by atoms with Crippen molar-refractivity contribution in [1.29, 1.82) is 0 Å². The number of rotatable bonds is 13. The summed E-state index contributed by atoms with van der Waals surface area (Å²) in [4.78, 5) is 81.2. The first-order valence-electron chi connectivity index (χ1n) is 17.0. The van der Waals surface area contributed by atoms with Crippen LogP contribution in [0.5, 0.6) is 0 Å². The van der Waals surface area contributed by atoms with Crippen LogP contribution in [0.2, 0.25) is 0 Å². The number of carbonyl (C=O) groups excluding carboxylic acids is 6. The number of nitrogens with two attached hydrogens (primary N) is 1. The molecule has 4 rings (SSSR count). The lowest BCUT2D eigenvalue weighted by atomic mass is 9.80. The lowest BCUT2D eigenvalue weighted by Crippen LogP contribution is -2.64. The zero-order valence-corrected chi connectivity index (χ0v) is 29.6. The second-order valence-corrected chi connectivity index (χ2v) is 16.0. The van der Waals surface area contributed by atoms with Gasteiger partial charge in [0.25, 0.3) is 5.91 Å². The van der Waals surface area contributed by atoms with Crippen LogP contribution >= 0.6 is 0 Å². The first-order chi connectivity index (χ1) is 22.3. The van der Waals surface area contributed by atoms with Crippen molar-refractivity contribution < 1.29 is 33.5 Å². The number of esters is 1. The van der Waals surface area contributed by atoms with Crippen LogP contribution in [0.4, 0.5) is 4.79 Å². The molecule has 1 saturated heterocycles. The summed E-state index contributed by atoms with van der Waals surface area (Å²) in [7, 11) is 0. The van der Waals surface area contributed by atoms with Crippen LogP contribution in [0.1, 0.15) is 86.6 Å². The number of nitrogens with one attached hydrogen (secondary N) is 3. The van der Waals surface area contributed by atoms with Crippen LogP contribution in [0.15, 0.2) is 30.3 Å². The third-order valence-corrected chi connectivity index (χ3v) is 11.0. The molecule has 1 unspecified atom stereocenters. The van der Waals surface area contributed by atoms with Crippen molar-refractivity contribution in [1.82, 2.24) is 20.9 Å². The Hall–Kier alpha value is -3.96. The van der Waals surface area contributed by atoms with Gasteiger partial charge in [0, 0.05) is 6.54 Å². The maximum Gasteiger partial charge on any atom is 0.332 e. The molecule has 1 aromatic rings. The van der Waals surface area contributed by atoms with Gasteiger partial charge in [0.05, 0.1) is 6.04 Å². The zero-order chi connectivity index (χ0) is 35.8. The Morgan fingerprint density at radius 2 is 1.62 bits per heavy atom. The molecule has 12 heteroatoms. The molecule has 0 spiro atoms. The van der Waals surface area contributed by atoms with Gasteiger partial charge >= 0.3 is 12.0 Å². The van der Waals surface area contributed by atoms with Crippen molar-refractivity contribution in [2.75, 3.05) is 6.54 Å². The number of carbonyl (C=O) groups is 6. The Labute approximate surface area is 283 Å². The van der Waals surface area contributed by atoms with Crippen molar-refractivity contribution in [3.05, 3.63) is 35.9 Å². The summed E-state index contributed by atoms with van der Waals surface area (Å²) >= 11 is 0. The molecule has 264 valence electrons. The average Bonchev–Trinajstić information content (AvgIpc) is 3.30. The summed E-state index contributed by atoms with van der Waals surface area (Å²) in [6.45, 7) is 15.0. The number of nitrogens with zero attached hydrogens (tertiary/aromatic N) is 1. The van der Waals surface area contributed by atoms with Crippen LogP contribution in [-0.2, 0) is 35.3 Å². The van der Waals surface area contributed by atoms with E-state index in [0.29, 0.717) is 13.0 Å². The van der Waals surface area contributed by atoms with Crippen molar-refractivity contribution in [2.45, 2.75) is 111 Å². The predicted molar refractivity (Wildman–Crippen MR) is 179 cm³/mol. The summed E-state index contributed by atoms with van der Waals surface area (Å²) in [6.07, 6.45) is 3.16. The Balaban J connectivity index is 1.51. The Morgan fingerprint density at radius 3 is 2.15 bits per heavy atom. The third-order valence-electron chi connectivity index (χ3n) is 11.0. The molecule has 3 aliphatic rings. The zero-order valence-electron chi connectivity index (χ0n) is 29.6. The number of Topliss-reactive ketones (excluding diaryl/α,β-unsaturated/α-hetero) is 1. The number of ketones is 1. The highest BCUT2D eigenvalue weighted by atomic mass is 16.5. The number of hydrogen-bond acceptors (Lipinski definition) is 7. The van der Waals surface area contributed by atoms with Crippen LogP contribution in [0.25, 0.3) is 0 Å². The van der Waals surface area contributed by atoms with E-state index < -0.39 is 64.6 Å². The summed E-state index contributed by atoms with van der Waals surface area (Å²) in [6, 6.07) is 5.46. The molecule has 12 nitrogen and oxygen atoms in total. The number of hydrogen-bond donors (Lipinski definition) is 4. The van der Waals surface area contributed by atoms with E-state index in [1.54, 1.807) is 20.8 Å². The van der Waals surface area contributed by atoms with Crippen molar-refractivity contribution >= 4 is 35.5 Å². The fraction of sp³-hybridized carbons (Fsp3) is 0.667. The minimum absolute atomic E-state index is 0.0397. The summed E-state index contributed by atoms with van der Waals surface area (Å²) in [5, 5.41) is 8.35. The molecule has 0 bridgehead atoms. The smallest absolute Gasteiger partial charge is 0.332 e. The average molecular weight is 668 g/mol. The van der Waals surface area contributed by atoms with Crippen molar-refractivity contribution in [3.63, 3.8) is 0 Å². The number of fused-ring (bicyclic) bond motifs is 1. The number of urea groups is 1. The van der Waals surface area contributed by atoms with Crippen LogP contribution in [-0.4, -0.2) is 70.6 Å². The number of benzene rings is 1. The fourth-order valence-electron chi connectivity index (χ4n) is 7.06. The molecule has 0 radical (unpaired) electrons. The van der Waals surface area contributed by atoms with E-state index in [1.807, 2.05) is 65.0 Å². The van der Waals surface area contributed by atoms with Gasteiger partial charge in [0.1, 0.15) is 24.2 Å². The van der Waals surface area contributed by atoms with Gasteiger partial charge in [-0.25, -0.2) is 9.59 Å². The van der Waals surface area contributed by atoms with Gasteiger partial charge in [0.2, 0.25) is 17.6 Å². The maximum absolute atomic E-state index is 14.3.